The predicted octanol–water partition coefficient (Wildman–Crippen LogP) is 3.19. The van der Waals surface area contributed by atoms with Gasteiger partial charge in [0.05, 0.1) is 11.0 Å². The molecule has 1 heterocycles. The zero-order valence-corrected chi connectivity index (χ0v) is 11.7. The van der Waals surface area contributed by atoms with Gasteiger partial charge in [-0.1, -0.05) is 47.9 Å². The summed E-state index contributed by atoms with van der Waals surface area (Å²) < 4.78 is 2.13. The van der Waals surface area contributed by atoms with E-state index in [1.54, 1.807) is 0 Å². The molecule has 0 saturated carbocycles. The van der Waals surface area contributed by atoms with Crippen molar-refractivity contribution < 1.29 is 0 Å². The number of aryl methyl sites for hydroxylation is 1. The van der Waals surface area contributed by atoms with Crippen molar-refractivity contribution in [3.63, 3.8) is 0 Å². The zero-order valence-electron chi connectivity index (χ0n) is 11.7. The second kappa shape index (κ2) is 4.49. The molecule has 0 aliphatic heterocycles. The maximum atomic E-state index is 5.83. The third-order valence-corrected chi connectivity index (χ3v) is 3.91. The van der Waals surface area contributed by atoms with Crippen LogP contribution in [0.3, 0.4) is 0 Å². The highest BCUT2D eigenvalue weighted by molar-refractivity contribution is 6.33. The Morgan fingerprint density at radius 1 is 0.905 bits per heavy atom. The normalized spacial score (nSPS) is 11.3. The van der Waals surface area contributed by atoms with E-state index in [0.29, 0.717) is 0 Å². The van der Waals surface area contributed by atoms with E-state index in [0.717, 1.165) is 33.3 Å². The van der Waals surface area contributed by atoms with Crippen molar-refractivity contribution in [2.45, 2.75) is 0 Å². The molecule has 0 amide bonds. The fraction of sp³-hybridized carbons (Fsp3) is 0.0556. The summed E-state index contributed by atoms with van der Waals surface area (Å²) in [6.07, 6.45) is 0. The van der Waals surface area contributed by atoms with Crippen LogP contribution >= 0.6 is 0 Å². The summed E-state index contributed by atoms with van der Waals surface area (Å²) in [7, 11) is 7.89. The lowest BCUT2D eigenvalue weighted by Gasteiger charge is -2.05. The highest BCUT2D eigenvalue weighted by Crippen LogP contribution is 2.26. The number of hydrogen-bond acceptors (Lipinski definition) is 1. The Morgan fingerprint density at radius 2 is 1.67 bits per heavy atom. The standard InChI is InChI=1S/C18H13BN2/c1-21-17-5-3-2-4-16(17)20-18(21)14-7-6-13-11-15(19)9-8-12(13)10-14/h2-11H,1H3. The lowest BCUT2D eigenvalue weighted by Crippen LogP contribution is -1.99. The van der Waals surface area contributed by atoms with E-state index < -0.39 is 0 Å². The lowest BCUT2D eigenvalue weighted by molar-refractivity contribution is 0.960. The molecule has 0 fully saturated rings. The fourth-order valence-electron chi connectivity index (χ4n) is 2.81. The Hall–Kier alpha value is -2.55. The second-order valence-electron chi connectivity index (χ2n) is 5.30. The van der Waals surface area contributed by atoms with Gasteiger partial charge in [-0.25, -0.2) is 4.98 Å². The molecule has 2 nitrogen and oxygen atoms in total. The predicted molar refractivity (Wildman–Crippen MR) is 89.0 cm³/mol. The Labute approximate surface area is 124 Å². The van der Waals surface area contributed by atoms with E-state index in [-0.39, 0.29) is 0 Å². The lowest BCUT2D eigenvalue weighted by atomic mass is 9.93. The van der Waals surface area contributed by atoms with Gasteiger partial charge in [0.1, 0.15) is 13.7 Å². The molecule has 98 valence electrons. The molecule has 3 aromatic carbocycles. The summed E-state index contributed by atoms with van der Waals surface area (Å²) in [6, 6.07) is 20.5. The monoisotopic (exact) mass is 268 g/mol. The summed E-state index contributed by atoms with van der Waals surface area (Å²) in [5.74, 6) is 0.981. The third-order valence-electron chi connectivity index (χ3n) is 3.91. The first kappa shape index (κ1) is 12.2. The van der Waals surface area contributed by atoms with Crippen LogP contribution in [0.25, 0.3) is 33.2 Å². The molecule has 0 N–H and O–H groups in total. The van der Waals surface area contributed by atoms with Crippen molar-refractivity contribution in [3.8, 4) is 11.4 Å². The smallest absolute Gasteiger partial charge is 0.140 e. The summed E-state index contributed by atoms with van der Waals surface area (Å²) in [4.78, 5) is 4.75. The Kier molecular flexibility index (Phi) is 2.61. The number of hydrogen-bond donors (Lipinski definition) is 0. The van der Waals surface area contributed by atoms with E-state index in [1.807, 2.05) is 30.3 Å². The molecule has 0 aliphatic rings. The number of fused-ring (bicyclic) bond motifs is 2. The van der Waals surface area contributed by atoms with E-state index in [1.165, 1.54) is 5.39 Å². The summed E-state index contributed by atoms with van der Waals surface area (Å²) in [5, 5.41) is 2.33. The number of rotatable bonds is 1. The van der Waals surface area contributed by atoms with Crippen LogP contribution in [0.4, 0.5) is 0 Å². The molecule has 4 rings (SSSR count). The van der Waals surface area contributed by atoms with E-state index in [4.69, 9.17) is 12.8 Å². The van der Waals surface area contributed by atoms with Crippen molar-refractivity contribution in [3.05, 3.63) is 60.7 Å². The van der Waals surface area contributed by atoms with Gasteiger partial charge in [0.25, 0.3) is 0 Å². The Bertz CT molecular complexity index is 969. The van der Waals surface area contributed by atoms with Crippen molar-refractivity contribution >= 4 is 35.1 Å². The van der Waals surface area contributed by atoms with Crippen LogP contribution in [0.15, 0.2) is 60.7 Å². The van der Waals surface area contributed by atoms with Gasteiger partial charge in [0.2, 0.25) is 0 Å². The van der Waals surface area contributed by atoms with Gasteiger partial charge >= 0.3 is 0 Å². The first-order chi connectivity index (χ1) is 10.2. The second-order valence-corrected chi connectivity index (χ2v) is 5.30. The molecule has 1 aromatic heterocycles. The maximum Gasteiger partial charge on any atom is 0.140 e. The van der Waals surface area contributed by atoms with Gasteiger partial charge in [0, 0.05) is 12.6 Å². The molecule has 0 unspecified atom stereocenters. The topological polar surface area (TPSA) is 17.8 Å². The van der Waals surface area contributed by atoms with Gasteiger partial charge in [-0.3, -0.25) is 0 Å². The van der Waals surface area contributed by atoms with E-state index in [2.05, 4.69) is 41.9 Å². The average molecular weight is 268 g/mol. The SMILES string of the molecule is [B]c1ccc2cc(-c3nc4ccccc4n3C)ccc2c1. The molecule has 0 spiro atoms. The van der Waals surface area contributed by atoms with Crippen LogP contribution in [0.2, 0.25) is 0 Å². The minimum atomic E-state index is 0.790. The third kappa shape index (κ3) is 1.93. The summed E-state index contributed by atoms with van der Waals surface area (Å²) >= 11 is 0. The molecule has 21 heavy (non-hydrogen) atoms. The minimum Gasteiger partial charge on any atom is -0.327 e. The quantitative estimate of drug-likeness (QED) is 0.485. The molecule has 4 aromatic rings. The van der Waals surface area contributed by atoms with Crippen molar-refractivity contribution in [1.29, 1.82) is 0 Å². The largest absolute Gasteiger partial charge is 0.327 e. The van der Waals surface area contributed by atoms with E-state index >= 15 is 0 Å². The van der Waals surface area contributed by atoms with Gasteiger partial charge in [-0.15, -0.1) is 0 Å². The molecule has 2 radical (unpaired) electrons. The number of imidazole rings is 1. The zero-order chi connectivity index (χ0) is 14.4. The summed E-state index contributed by atoms with van der Waals surface area (Å²) in [5.41, 5.74) is 4.07. The number of para-hydroxylation sites is 2. The van der Waals surface area contributed by atoms with Crippen LogP contribution in [0, 0.1) is 0 Å². The highest BCUT2D eigenvalue weighted by Gasteiger charge is 2.09. The molecular weight excluding hydrogens is 255 g/mol. The van der Waals surface area contributed by atoms with Crippen molar-refractivity contribution in [2.75, 3.05) is 0 Å². The average Bonchev–Trinajstić information content (AvgIpc) is 2.84. The van der Waals surface area contributed by atoms with Gasteiger partial charge in [-0.2, -0.15) is 0 Å². The van der Waals surface area contributed by atoms with Gasteiger partial charge < -0.3 is 4.57 Å². The number of nitrogens with zero attached hydrogens (tertiary/aromatic N) is 2. The molecule has 0 aliphatic carbocycles. The van der Waals surface area contributed by atoms with Crippen LogP contribution in [0.1, 0.15) is 0 Å². The number of benzene rings is 3. The van der Waals surface area contributed by atoms with Crippen LogP contribution < -0.4 is 5.46 Å². The molecular formula is C18H13BN2. The van der Waals surface area contributed by atoms with Crippen LogP contribution in [-0.4, -0.2) is 17.4 Å². The number of aromatic nitrogens is 2. The van der Waals surface area contributed by atoms with Crippen molar-refractivity contribution in [1.82, 2.24) is 9.55 Å². The van der Waals surface area contributed by atoms with E-state index in [9.17, 15) is 0 Å². The highest BCUT2D eigenvalue weighted by atomic mass is 15.1. The van der Waals surface area contributed by atoms with Crippen molar-refractivity contribution in [2.24, 2.45) is 7.05 Å². The molecule has 0 saturated heterocycles. The van der Waals surface area contributed by atoms with Crippen LogP contribution in [0.5, 0.6) is 0 Å². The van der Waals surface area contributed by atoms with Gasteiger partial charge in [0.15, 0.2) is 0 Å². The van der Waals surface area contributed by atoms with Gasteiger partial charge in [-0.05, 0) is 29.0 Å². The summed E-state index contributed by atoms with van der Waals surface area (Å²) in [6.45, 7) is 0. The van der Waals surface area contributed by atoms with Crippen LogP contribution in [-0.2, 0) is 7.05 Å². The Balaban J connectivity index is 1.95. The first-order valence-corrected chi connectivity index (χ1v) is 6.93. The Morgan fingerprint density at radius 3 is 2.52 bits per heavy atom. The maximum absolute atomic E-state index is 5.83. The molecule has 0 atom stereocenters. The molecule has 3 heteroatoms. The minimum absolute atomic E-state index is 0.790. The first-order valence-electron chi connectivity index (χ1n) is 6.93. The fourth-order valence-corrected chi connectivity index (χ4v) is 2.81. The molecule has 0 bridgehead atoms.